The maximum absolute atomic E-state index is 12.0. The molecule has 0 fully saturated rings. The minimum atomic E-state index is -1.01. The van der Waals surface area contributed by atoms with E-state index in [1.54, 1.807) is 13.1 Å². The Morgan fingerprint density at radius 1 is 1.28 bits per heavy atom. The van der Waals surface area contributed by atoms with Crippen molar-refractivity contribution in [2.75, 3.05) is 0 Å². The third kappa shape index (κ3) is 5.17. The number of carbonyl (C=O) groups is 2. The summed E-state index contributed by atoms with van der Waals surface area (Å²) >= 11 is 0. The molecule has 2 unspecified atom stereocenters. The average molecular weight is 344 g/mol. The molecule has 2 atom stereocenters. The first-order valence-electron chi connectivity index (χ1n) is 8.44. The molecule has 0 saturated carbocycles. The van der Waals surface area contributed by atoms with Gasteiger partial charge in [-0.15, -0.1) is 0 Å². The highest BCUT2D eigenvalue weighted by Gasteiger charge is 2.25. The van der Waals surface area contributed by atoms with Crippen molar-refractivity contribution >= 4 is 11.9 Å². The molecule has 0 aliphatic heterocycles. The van der Waals surface area contributed by atoms with Gasteiger partial charge in [0.05, 0.1) is 6.20 Å². The lowest BCUT2D eigenvalue weighted by molar-refractivity contribution is -0.143. The summed E-state index contributed by atoms with van der Waals surface area (Å²) < 4.78 is 5.67. The number of hydrogen-bond acceptors (Lipinski definition) is 4. The lowest BCUT2D eigenvalue weighted by Crippen LogP contribution is -2.45. The Morgan fingerprint density at radius 2 is 1.96 bits per heavy atom. The lowest BCUT2D eigenvalue weighted by Gasteiger charge is -2.19. The minimum absolute atomic E-state index is 0.128. The van der Waals surface area contributed by atoms with Gasteiger partial charge in [-0.2, -0.15) is 0 Å². The molecule has 6 heteroatoms. The largest absolute Gasteiger partial charge is 0.480 e. The van der Waals surface area contributed by atoms with Gasteiger partial charge in [-0.3, -0.25) is 4.79 Å². The molecule has 25 heavy (non-hydrogen) atoms. The van der Waals surface area contributed by atoms with Crippen molar-refractivity contribution in [3.05, 3.63) is 41.9 Å². The molecule has 2 rings (SSSR count). The molecule has 1 amide bonds. The summed E-state index contributed by atoms with van der Waals surface area (Å²) in [6, 6.07) is 7.02. The van der Waals surface area contributed by atoms with E-state index in [-0.39, 0.29) is 18.2 Å². The second-order valence-corrected chi connectivity index (χ2v) is 6.25. The number of oxazole rings is 1. The molecule has 1 heterocycles. The molecular formula is C19H24N2O4. The summed E-state index contributed by atoms with van der Waals surface area (Å²) in [5.41, 5.74) is 2.09. The van der Waals surface area contributed by atoms with Gasteiger partial charge in [-0.05, 0) is 12.8 Å². The van der Waals surface area contributed by atoms with Crippen molar-refractivity contribution in [2.24, 2.45) is 5.92 Å². The summed E-state index contributed by atoms with van der Waals surface area (Å²) in [7, 11) is 0. The first-order chi connectivity index (χ1) is 11.9. The number of rotatable bonds is 8. The van der Waals surface area contributed by atoms with Crippen LogP contribution in [0.5, 0.6) is 0 Å². The van der Waals surface area contributed by atoms with Crippen LogP contribution in [-0.4, -0.2) is 28.0 Å². The van der Waals surface area contributed by atoms with Crippen LogP contribution in [-0.2, 0) is 16.0 Å². The molecule has 1 aromatic heterocycles. The monoisotopic (exact) mass is 344 g/mol. The summed E-state index contributed by atoms with van der Waals surface area (Å²) in [5, 5.41) is 11.8. The van der Waals surface area contributed by atoms with Crippen molar-refractivity contribution in [1.29, 1.82) is 0 Å². The van der Waals surface area contributed by atoms with Crippen molar-refractivity contribution < 1.29 is 19.1 Å². The zero-order chi connectivity index (χ0) is 18.4. The van der Waals surface area contributed by atoms with Crippen LogP contribution in [0.3, 0.4) is 0 Å². The number of carboxylic acids is 1. The van der Waals surface area contributed by atoms with Gasteiger partial charge in [0.2, 0.25) is 5.91 Å². The maximum Gasteiger partial charge on any atom is 0.326 e. The number of carbonyl (C=O) groups excluding carboxylic acids is 1. The van der Waals surface area contributed by atoms with Gasteiger partial charge < -0.3 is 14.8 Å². The highest BCUT2D eigenvalue weighted by Crippen LogP contribution is 2.21. The molecule has 6 nitrogen and oxygen atoms in total. The average Bonchev–Trinajstić information content (AvgIpc) is 3.06. The van der Waals surface area contributed by atoms with Crippen LogP contribution in [0.15, 0.2) is 34.9 Å². The zero-order valence-corrected chi connectivity index (χ0v) is 14.8. The van der Waals surface area contributed by atoms with Gasteiger partial charge in [0.25, 0.3) is 0 Å². The molecule has 2 aromatic rings. The van der Waals surface area contributed by atoms with Crippen LogP contribution in [0, 0.1) is 12.8 Å². The summed E-state index contributed by atoms with van der Waals surface area (Å²) in [6.07, 6.45) is 2.77. The number of aliphatic carboxylic acids is 1. The number of amides is 1. The smallest absolute Gasteiger partial charge is 0.326 e. The standard InChI is InChI=1S/C19H24N2O4/c1-4-13(3)18(19(23)24)21-16(22)9-10-17-20-11-15(25-17)14-7-5-12(2)6-8-14/h5-8,11,13,18H,4,9-10H2,1-3H3,(H,21,22)(H,23,24). The van der Waals surface area contributed by atoms with E-state index < -0.39 is 12.0 Å². The van der Waals surface area contributed by atoms with Crippen LogP contribution in [0.25, 0.3) is 11.3 Å². The predicted octanol–water partition coefficient (Wildman–Crippen LogP) is 3.20. The lowest BCUT2D eigenvalue weighted by atomic mass is 9.99. The van der Waals surface area contributed by atoms with E-state index in [2.05, 4.69) is 10.3 Å². The van der Waals surface area contributed by atoms with E-state index in [1.807, 2.05) is 38.1 Å². The molecule has 0 saturated heterocycles. The predicted molar refractivity (Wildman–Crippen MR) is 94.0 cm³/mol. The Hall–Kier alpha value is -2.63. The van der Waals surface area contributed by atoms with Gasteiger partial charge in [0.1, 0.15) is 6.04 Å². The zero-order valence-electron chi connectivity index (χ0n) is 14.8. The van der Waals surface area contributed by atoms with E-state index >= 15 is 0 Å². The second-order valence-electron chi connectivity index (χ2n) is 6.25. The van der Waals surface area contributed by atoms with E-state index in [1.165, 1.54) is 0 Å². The fourth-order valence-corrected chi connectivity index (χ4v) is 2.43. The molecule has 2 N–H and O–H groups in total. The molecule has 0 bridgehead atoms. The summed E-state index contributed by atoms with van der Waals surface area (Å²) in [5.74, 6) is -0.348. The topological polar surface area (TPSA) is 92.4 Å². The first kappa shape index (κ1) is 18.7. The third-order valence-corrected chi connectivity index (χ3v) is 4.25. The third-order valence-electron chi connectivity index (χ3n) is 4.25. The SMILES string of the molecule is CCC(C)C(NC(=O)CCc1ncc(-c2ccc(C)cc2)o1)C(=O)O. The number of nitrogens with zero attached hydrogens (tertiary/aromatic N) is 1. The molecule has 134 valence electrons. The molecular weight excluding hydrogens is 320 g/mol. The number of aryl methyl sites for hydroxylation is 2. The maximum atomic E-state index is 12.0. The van der Waals surface area contributed by atoms with E-state index in [4.69, 9.17) is 4.42 Å². The molecule has 0 spiro atoms. The molecule has 0 radical (unpaired) electrons. The summed E-state index contributed by atoms with van der Waals surface area (Å²) in [4.78, 5) is 27.5. The Labute approximate surface area is 147 Å². The second kappa shape index (κ2) is 8.46. The Morgan fingerprint density at radius 3 is 2.56 bits per heavy atom. The number of aromatic nitrogens is 1. The van der Waals surface area contributed by atoms with Crippen molar-refractivity contribution in [3.8, 4) is 11.3 Å². The number of nitrogens with one attached hydrogen (secondary N) is 1. The number of hydrogen-bond donors (Lipinski definition) is 2. The quantitative estimate of drug-likeness (QED) is 0.767. The van der Waals surface area contributed by atoms with Gasteiger partial charge in [0, 0.05) is 18.4 Å². The van der Waals surface area contributed by atoms with Crippen LogP contribution in [0.2, 0.25) is 0 Å². The van der Waals surface area contributed by atoms with Crippen LogP contribution in [0.4, 0.5) is 0 Å². The first-order valence-corrected chi connectivity index (χ1v) is 8.44. The van der Waals surface area contributed by atoms with Crippen LogP contribution < -0.4 is 5.32 Å². The Balaban J connectivity index is 1.92. The fourth-order valence-electron chi connectivity index (χ4n) is 2.43. The highest BCUT2D eigenvalue weighted by molar-refractivity contribution is 5.83. The van der Waals surface area contributed by atoms with Crippen molar-refractivity contribution in [1.82, 2.24) is 10.3 Å². The van der Waals surface area contributed by atoms with E-state index in [0.717, 1.165) is 11.1 Å². The Kier molecular flexibility index (Phi) is 6.33. The van der Waals surface area contributed by atoms with E-state index in [9.17, 15) is 14.7 Å². The fraction of sp³-hybridized carbons (Fsp3) is 0.421. The number of carboxylic acid groups (broad SMARTS) is 1. The van der Waals surface area contributed by atoms with E-state index in [0.29, 0.717) is 24.5 Å². The van der Waals surface area contributed by atoms with Crippen LogP contribution >= 0.6 is 0 Å². The Bertz CT molecular complexity index is 721. The molecule has 0 aliphatic carbocycles. The van der Waals surface area contributed by atoms with Gasteiger partial charge in [-0.1, -0.05) is 50.1 Å². The van der Waals surface area contributed by atoms with Crippen molar-refractivity contribution in [2.45, 2.75) is 46.1 Å². The van der Waals surface area contributed by atoms with Crippen LogP contribution in [0.1, 0.15) is 38.1 Å². The van der Waals surface area contributed by atoms with Gasteiger partial charge >= 0.3 is 5.97 Å². The molecule has 1 aromatic carbocycles. The number of benzene rings is 1. The highest BCUT2D eigenvalue weighted by atomic mass is 16.4. The minimum Gasteiger partial charge on any atom is -0.480 e. The molecule has 0 aliphatic rings. The van der Waals surface area contributed by atoms with Gasteiger partial charge in [0.15, 0.2) is 11.7 Å². The van der Waals surface area contributed by atoms with Gasteiger partial charge in [-0.25, -0.2) is 9.78 Å². The summed E-state index contributed by atoms with van der Waals surface area (Å²) in [6.45, 7) is 5.71. The normalized spacial score (nSPS) is 13.2. The van der Waals surface area contributed by atoms with Crippen molar-refractivity contribution in [3.63, 3.8) is 0 Å².